The Morgan fingerprint density at radius 3 is 1.67 bits per heavy atom. The van der Waals surface area contributed by atoms with Gasteiger partial charge in [-0.05, 0) is 100 Å². The minimum Gasteiger partial charge on any atom is -0.207 e. The third-order valence-electron chi connectivity index (χ3n) is 7.52. The topological polar surface area (TPSA) is 0 Å². The van der Waals surface area contributed by atoms with Gasteiger partial charge in [-0.25, -0.2) is 4.39 Å². The molecule has 0 bridgehead atoms. The fourth-order valence-electron chi connectivity index (χ4n) is 5.28. The van der Waals surface area contributed by atoms with Crippen LogP contribution in [-0.2, 0) is 6.42 Å². The molecular weight excluding hydrogens is 439 g/mol. The fraction of sp³-hybridized carbons (Fsp3) is 0.143. The van der Waals surface area contributed by atoms with E-state index < -0.39 is 0 Å². The number of hydrogen-bond acceptors (Lipinski definition) is 0. The van der Waals surface area contributed by atoms with Crippen LogP contribution in [-0.4, -0.2) is 0 Å². The van der Waals surface area contributed by atoms with Crippen molar-refractivity contribution in [3.05, 3.63) is 137 Å². The van der Waals surface area contributed by atoms with Gasteiger partial charge in [0.05, 0.1) is 0 Å². The highest BCUT2D eigenvalue weighted by molar-refractivity contribution is 5.86. The zero-order valence-corrected chi connectivity index (χ0v) is 20.6. The summed E-state index contributed by atoms with van der Waals surface area (Å²) in [6.45, 7) is 2.21. The summed E-state index contributed by atoms with van der Waals surface area (Å²) in [5.74, 6) is -0.205. The van der Waals surface area contributed by atoms with Gasteiger partial charge in [-0.2, -0.15) is 0 Å². The third kappa shape index (κ3) is 4.62. The van der Waals surface area contributed by atoms with Gasteiger partial charge in [0.25, 0.3) is 0 Å². The van der Waals surface area contributed by atoms with Crippen molar-refractivity contribution in [3.63, 3.8) is 0 Å². The Kier molecular flexibility index (Phi) is 5.99. The molecule has 1 heteroatoms. The van der Waals surface area contributed by atoms with Crippen LogP contribution in [0.1, 0.15) is 48.4 Å². The average Bonchev–Trinajstić information content (AvgIpc) is 2.94. The molecule has 0 fully saturated rings. The van der Waals surface area contributed by atoms with E-state index in [1.165, 1.54) is 62.2 Å². The number of fused-ring (bicyclic) bond motifs is 1. The molecule has 2 aliphatic carbocycles. The number of rotatable bonds is 4. The highest BCUT2D eigenvalue weighted by Gasteiger charge is 2.14. The Morgan fingerprint density at radius 1 is 0.500 bits per heavy atom. The van der Waals surface area contributed by atoms with Gasteiger partial charge in [0, 0.05) is 0 Å². The molecule has 36 heavy (non-hydrogen) atoms. The van der Waals surface area contributed by atoms with Crippen molar-refractivity contribution in [1.82, 2.24) is 0 Å². The monoisotopic (exact) mass is 468 g/mol. The number of halogens is 1. The zero-order valence-electron chi connectivity index (χ0n) is 20.6. The van der Waals surface area contributed by atoms with Gasteiger partial charge in [0.15, 0.2) is 0 Å². The molecular formula is C35H29F. The van der Waals surface area contributed by atoms with Crippen molar-refractivity contribution < 1.29 is 4.39 Å². The Balaban J connectivity index is 1.21. The molecule has 2 aliphatic rings. The highest BCUT2D eigenvalue weighted by atomic mass is 19.1. The Morgan fingerprint density at radius 2 is 1.03 bits per heavy atom. The number of aryl methyl sites for hydroxylation is 1. The van der Waals surface area contributed by atoms with Crippen molar-refractivity contribution in [3.8, 4) is 22.3 Å². The van der Waals surface area contributed by atoms with Crippen LogP contribution < -0.4 is 0 Å². The van der Waals surface area contributed by atoms with E-state index in [1.54, 1.807) is 0 Å². The third-order valence-corrected chi connectivity index (χ3v) is 7.52. The van der Waals surface area contributed by atoms with Gasteiger partial charge in [0.2, 0.25) is 0 Å². The summed E-state index contributed by atoms with van der Waals surface area (Å²) in [6.07, 6.45) is 11.3. The second-order valence-corrected chi connectivity index (χ2v) is 9.95. The molecule has 0 saturated carbocycles. The second kappa shape index (κ2) is 9.59. The molecule has 0 saturated heterocycles. The van der Waals surface area contributed by atoms with E-state index >= 15 is 0 Å². The van der Waals surface area contributed by atoms with E-state index in [4.69, 9.17) is 0 Å². The smallest absolute Gasteiger partial charge is 0.123 e. The van der Waals surface area contributed by atoms with Crippen molar-refractivity contribution in [2.75, 3.05) is 0 Å². The molecule has 0 nitrogen and oxygen atoms in total. The molecule has 0 amide bonds. The minimum absolute atomic E-state index is 0.205. The van der Waals surface area contributed by atoms with Crippen LogP contribution in [0.3, 0.4) is 0 Å². The van der Waals surface area contributed by atoms with Crippen molar-refractivity contribution in [2.45, 2.75) is 32.6 Å². The van der Waals surface area contributed by atoms with Crippen LogP contribution in [0.2, 0.25) is 0 Å². The molecule has 0 radical (unpaired) electrons. The first kappa shape index (κ1) is 22.5. The lowest BCUT2D eigenvalue weighted by Crippen LogP contribution is -2.00. The largest absolute Gasteiger partial charge is 0.207 e. The first-order valence-corrected chi connectivity index (χ1v) is 12.8. The molecule has 176 valence electrons. The highest BCUT2D eigenvalue weighted by Crippen LogP contribution is 2.35. The van der Waals surface area contributed by atoms with Gasteiger partial charge in [0.1, 0.15) is 5.82 Å². The summed E-state index contributed by atoms with van der Waals surface area (Å²) < 4.78 is 13.2. The predicted octanol–water partition coefficient (Wildman–Crippen LogP) is 9.77. The van der Waals surface area contributed by atoms with E-state index in [0.29, 0.717) is 0 Å². The van der Waals surface area contributed by atoms with Crippen LogP contribution in [0.5, 0.6) is 0 Å². The number of hydrogen-bond donors (Lipinski definition) is 0. The average molecular weight is 469 g/mol. The number of allylic oxidation sites excluding steroid dienone is 5. The summed E-state index contributed by atoms with van der Waals surface area (Å²) in [7, 11) is 0. The van der Waals surface area contributed by atoms with Crippen LogP contribution in [0.4, 0.5) is 4.39 Å². The maximum Gasteiger partial charge on any atom is 0.123 e. The zero-order chi connectivity index (χ0) is 24.5. The van der Waals surface area contributed by atoms with Crippen LogP contribution in [0.15, 0.2) is 109 Å². The molecule has 0 aliphatic heterocycles. The van der Waals surface area contributed by atoms with Crippen molar-refractivity contribution >= 4 is 17.2 Å². The van der Waals surface area contributed by atoms with Gasteiger partial charge in [-0.15, -0.1) is 0 Å². The standard InChI is InChI=1S/C35H29F/c1-24-2-4-25(5-3-24)26-6-10-29(11-7-26)31-14-16-34-23-32(15-17-33(34)22-31)30-12-8-27(9-13-30)28-18-20-35(36)21-19-28/h2,4,6-13,15,17-23H,3,5,14,16H2,1H3. The SMILES string of the molecule is CC1=CC=C(c2ccc(C3=Cc4ccc(-c5ccc(-c6ccc(F)cc6)cc5)cc4CC3)cc2)CC1. The molecule has 4 aromatic rings. The first-order valence-electron chi connectivity index (χ1n) is 12.8. The van der Waals surface area contributed by atoms with E-state index in [2.05, 4.69) is 91.9 Å². The van der Waals surface area contributed by atoms with Gasteiger partial charge in [-0.1, -0.05) is 103 Å². The first-order chi connectivity index (χ1) is 17.6. The van der Waals surface area contributed by atoms with Gasteiger partial charge < -0.3 is 0 Å². The normalized spacial score (nSPS) is 15.0. The lowest BCUT2D eigenvalue weighted by molar-refractivity contribution is 0.628. The summed E-state index contributed by atoms with van der Waals surface area (Å²) in [5.41, 5.74) is 14.3. The quantitative estimate of drug-likeness (QED) is 0.280. The Hall–Kier alpha value is -3.97. The van der Waals surface area contributed by atoms with Crippen LogP contribution >= 0.6 is 0 Å². The lowest BCUT2D eigenvalue weighted by Gasteiger charge is -2.19. The maximum absolute atomic E-state index is 13.2. The summed E-state index contributed by atoms with van der Waals surface area (Å²) >= 11 is 0. The molecule has 0 unspecified atom stereocenters. The molecule has 0 heterocycles. The fourth-order valence-corrected chi connectivity index (χ4v) is 5.28. The van der Waals surface area contributed by atoms with Gasteiger partial charge >= 0.3 is 0 Å². The Labute approximate surface area is 213 Å². The van der Waals surface area contributed by atoms with E-state index in [1.807, 2.05) is 12.1 Å². The van der Waals surface area contributed by atoms with Crippen LogP contribution in [0, 0.1) is 5.82 Å². The van der Waals surface area contributed by atoms with Gasteiger partial charge in [-0.3, -0.25) is 0 Å². The molecule has 4 aromatic carbocycles. The lowest BCUT2D eigenvalue weighted by atomic mass is 9.86. The second-order valence-electron chi connectivity index (χ2n) is 9.95. The van der Waals surface area contributed by atoms with Crippen molar-refractivity contribution in [1.29, 1.82) is 0 Å². The van der Waals surface area contributed by atoms with E-state index in [-0.39, 0.29) is 5.82 Å². The van der Waals surface area contributed by atoms with E-state index in [0.717, 1.165) is 36.8 Å². The minimum atomic E-state index is -0.205. The number of benzene rings is 4. The molecule has 0 atom stereocenters. The van der Waals surface area contributed by atoms with E-state index in [9.17, 15) is 4.39 Å². The molecule has 0 spiro atoms. The summed E-state index contributed by atoms with van der Waals surface area (Å²) in [6, 6.07) is 31.2. The predicted molar refractivity (Wildman–Crippen MR) is 151 cm³/mol. The molecule has 6 rings (SSSR count). The summed E-state index contributed by atoms with van der Waals surface area (Å²) in [4.78, 5) is 0. The van der Waals surface area contributed by atoms with Crippen LogP contribution in [0.25, 0.3) is 39.5 Å². The maximum atomic E-state index is 13.2. The molecule has 0 aromatic heterocycles. The summed E-state index contributed by atoms with van der Waals surface area (Å²) in [5, 5.41) is 0. The Bertz CT molecular complexity index is 1490. The van der Waals surface area contributed by atoms with Crippen molar-refractivity contribution in [2.24, 2.45) is 0 Å². The molecule has 0 N–H and O–H groups in total.